The number of piperidine rings is 1. The molecule has 1 saturated heterocycles. The lowest BCUT2D eigenvalue weighted by molar-refractivity contribution is -0.115. The topological polar surface area (TPSA) is 62.3 Å². The molecule has 0 spiro atoms. The average Bonchev–Trinajstić information content (AvgIpc) is 3.33. The highest BCUT2D eigenvalue weighted by molar-refractivity contribution is 7.40. The Labute approximate surface area is 165 Å². The number of rotatable bonds is 4. The number of thiazole rings is 1. The summed E-state index contributed by atoms with van der Waals surface area (Å²) in [6.45, 7) is 2.17. The van der Waals surface area contributed by atoms with Gasteiger partial charge in [-0.2, -0.15) is 0 Å². The molecule has 0 aliphatic carbocycles. The number of benzene rings is 1. The van der Waals surface area contributed by atoms with Crippen LogP contribution in [0.15, 0.2) is 24.3 Å². The molecule has 27 heavy (non-hydrogen) atoms. The maximum Gasteiger partial charge on any atom is 0.228 e. The molecule has 0 saturated carbocycles. The fourth-order valence-corrected chi connectivity index (χ4v) is 6.00. The van der Waals surface area contributed by atoms with Crippen LogP contribution in [0.2, 0.25) is 0 Å². The molecule has 1 fully saturated rings. The third kappa shape index (κ3) is 3.26. The summed E-state index contributed by atoms with van der Waals surface area (Å²) in [5.41, 5.74) is 3.74. The van der Waals surface area contributed by atoms with E-state index in [0.29, 0.717) is 12.8 Å². The Hall–Kier alpha value is -2.25. The second-order valence-corrected chi connectivity index (χ2v) is 9.43. The summed E-state index contributed by atoms with van der Waals surface area (Å²) in [5.74, 6) is 0.129. The molecule has 4 heterocycles. The largest absolute Gasteiger partial charge is 0.348 e. The van der Waals surface area contributed by atoms with Crippen LogP contribution in [-0.4, -0.2) is 29.8 Å². The lowest BCUT2D eigenvalue weighted by Crippen LogP contribution is -2.29. The fourth-order valence-electron chi connectivity index (χ4n) is 3.75. The molecule has 5 nitrogen and oxygen atoms in total. The Kier molecular flexibility index (Phi) is 4.21. The monoisotopic (exact) mass is 397 g/mol. The van der Waals surface area contributed by atoms with Crippen LogP contribution < -0.4 is 10.2 Å². The van der Waals surface area contributed by atoms with E-state index >= 15 is 0 Å². The Bertz CT molecular complexity index is 1020. The molecule has 3 aromatic rings. The number of aromatic nitrogens is 1. The molecule has 0 atom stereocenters. The van der Waals surface area contributed by atoms with Crippen LogP contribution in [0.25, 0.3) is 9.53 Å². The molecule has 2 aliphatic rings. The van der Waals surface area contributed by atoms with Crippen molar-refractivity contribution in [2.24, 2.45) is 0 Å². The zero-order valence-corrected chi connectivity index (χ0v) is 16.4. The second kappa shape index (κ2) is 6.73. The van der Waals surface area contributed by atoms with E-state index in [4.69, 9.17) is 4.98 Å². The molecule has 0 bridgehead atoms. The van der Waals surface area contributed by atoms with Gasteiger partial charge in [0.15, 0.2) is 10.9 Å². The number of hydrogen-bond donors (Lipinski definition) is 1. The Balaban J connectivity index is 1.33. The average molecular weight is 398 g/mol. The number of anilines is 2. The normalized spacial score (nSPS) is 16.6. The van der Waals surface area contributed by atoms with Crippen molar-refractivity contribution >= 4 is 54.7 Å². The number of fused-ring (bicyclic) bond motifs is 2. The predicted molar refractivity (Wildman–Crippen MR) is 110 cm³/mol. The van der Waals surface area contributed by atoms with E-state index in [2.05, 4.69) is 10.2 Å². The summed E-state index contributed by atoms with van der Waals surface area (Å²) >= 11 is 3.25. The van der Waals surface area contributed by atoms with Gasteiger partial charge in [0.2, 0.25) is 5.91 Å². The van der Waals surface area contributed by atoms with E-state index in [0.717, 1.165) is 49.4 Å². The van der Waals surface area contributed by atoms with E-state index < -0.39 is 0 Å². The summed E-state index contributed by atoms with van der Waals surface area (Å²) in [4.78, 5) is 32.1. The van der Waals surface area contributed by atoms with Crippen molar-refractivity contribution in [1.82, 2.24) is 4.98 Å². The van der Waals surface area contributed by atoms with Crippen LogP contribution in [0.3, 0.4) is 0 Å². The molecule has 0 unspecified atom stereocenters. The van der Waals surface area contributed by atoms with Gasteiger partial charge in [-0.15, -0.1) is 11.3 Å². The van der Waals surface area contributed by atoms with Crippen molar-refractivity contribution < 1.29 is 9.59 Å². The highest BCUT2D eigenvalue weighted by atomic mass is 32.2. The SMILES string of the molecule is O=C1Cc2cc(CC(=O)c3cc4nc(N5CCCCC5)sc4s3)ccc2N1. The zero-order valence-electron chi connectivity index (χ0n) is 14.8. The summed E-state index contributed by atoms with van der Waals surface area (Å²) in [5, 5.41) is 3.91. The summed E-state index contributed by atoms with van der Waals surface area (Å²) < 4.78 is 1.13. The van der Waals surface area contributed by atoms with Gasteiger partial charge in [-0.25, -0.2) is 4.98 Å². The van der Waals surface area contributed by atoms with Gasteiger partial charge in [0.1, 0.15) is 4.01 Å². The number of carbonyl (C=O) groups is 2. The van der Waals surface area contributed by atoms with Crippen molar-refractivity contribution in [1.29, 1.82) is 0 Å². The van der Waals surface area contributed by atoms with Crippen LogP contribution in [0.4, 0.5) is 10.8 Å². The van der Waals surface area contributed by atoms with Gasteiger partial charge in [0.25, 0.3) is 0 Å². The lowest BCUT2D eigenvalue weighted by Gasteiger charge is -2.25. The Morgan fingerprint density at radius 3 is 2.81 bits per heavy atom. The Morgan fingerprint density at radius 2 is 2.00 bits per heavy atom. The van der Waals surface area contributed by atoms with E-state index in [9.17, 15) is 9.59 Å². The molecule has 7 heteroatoms. The Morgan fingerprint density at radius 1 is 1.15 bits per heavy atom. The first-order valence-electron chi connectivity index (χ1n) is 9.26. The summed E-state index contributed by atoms with van der Waals surface area (Å²) in [7, 11) is 0. The van der Waals surface area contributed by atoms with E-state index in [-0.39, 0.29) is 11.7 Å². The highest BCUT2D eigenvalue weighted by Crippen LogP contribution is 2.36. The first-order valence-corrected chi connectivity index (χ1v) is 10.9. The molecule has 138 valence electrons. The van der Waals surface area contributed by atoms with Gasteiger partial charge in [-0.05, 0) is 42.5 Å². The molecular weight excluding hydrogens is 378 g/mol. The first-order chi connectivity index (χ1) is 13.2. The lowest BCUT2D eigenvalue weighted by atomic mass is 10.0. The summed E-state index contributed by atoms with van der Waals surface area (Å²) in [6, 6.07) is 7.71. The molecule has 2 aliphatic heterocycles. The van der Waals surface area contributed by atoms with E-state index in [1.54, 1.807) is 22.7 Å². The predicted octanol–water partition coefficient (Wildman–Crippen LogP) is 4.27. The first kappa shape index (κ1) is 16.9. The molecule has 1 aromatic carbocycles. The molecular formula is C20H19N3O2S2. The zero-order chi connectivity index (χ0) is 18.4. The van der Waals surface area contributed by atoms with Crippen molar-refractivity contribution in [3.63, 3.8) is 0 Å². The van der Waals surface area contributed by atoms with Gasteiger partial charge < -0.3 is 10.2 Å². The van der Waals surface area contributed by atoms with E-state index in [1.807, 2.05) is 24.3 Å². The number of carbonyl (C=O) groups excluding carboxylic acids is 2. The van der Waals surface area contributed by atoms with Gasteiger partial charge in [0.05, 0.1) is 16.8 Å². The van der Waals surface area contributed by atoms with Crippen LogP contribution >= 0.6 is 22.7 Å². The minimum Gasteiger partial charge on any atom is -0.348 e. The number of hydrogen-bond acceptors (Lipinski definition) is 6. The van der Waals surface area contributed by atoms with Gasteiger partial charge in [-0.3, -0.25) is 9.59 Å². The van der Waals surface area contributed by atoms with Crippen molar-refractivity contribution in [3.05, 3.63) is 40.3 Å². The number of nitrogens with zero attached hydrogens (tertiary/aromatic N) is 2. The fraction of sp³-hybridized carbons (Fsp3) is 0.350. The smallest absolute Gasteiger partial charge is 0.228 e. The molecule has 1 N–H and O–H groups in total. The quantitative estimate of drug-likeness (QED) is 0.668. The number of nitrogens with one attached hydrogen (secondary N) is 1. The van der Waals surface area contributed by atoms with E-state index in [1.165, 1.54) is 19.3 Å². The molecule has 5 rings (SSSR count). The second-order valence-electron chi connectivity index (χ2n) is 7.14. The maximum atomic E-state index is 12.7. The van der Waals surface area contributed by atoms with Crippen LogP contribution in [0, 0.1) is 0 Å². The van der Waals surface area contributed by atoms with Gasteiger partial charge in [-0.1, -0.05) is 23.5 Å². The number of ketones is 1. The van der Waals surface area contributed by atoms with Crippen LogP contribution in [0.5, 0.6) is 0 Å². The molecule has 1 amide bonds. The number of Topliss-reactive ketones (excluding diaryl/α,β-unsaturated/α-hetero) is 1. The van der Waals surface area contributed by atoms with Gasteiger partial charge in [0, 0.05) is 25.2 Å². The number of amides is 1. The minimum atomic E-state index is 0.0163. The summed E-state index contributed by atoms with van der Waals surface area (Å²) in [6.07, 6.45) is 4.53. The van der Waals surface area contributed by atoms with Crippen molar-refractivity contribution in [2.45, 2.75) is 32.1 Å². The van der Waals surface area contributed by atoms with Crippen LogP contribution in [0.1, 0.15) is 40.1 Å². The van der Waals surface area contributed by atoms with Crippen molar-refractivity contribution in [2.75, 3.05) is 23.3 Å². The van der Waals surface area contributed by atoms with Crippen LogP contribution in [-0.2, 0) is 17.6 Å². The van der Waals surface area contributed by atoms with Crippen molar-refractivity contribution in [3.8, 4) is 0 Å². The van der Waals surface area contributed by atoms with Gasteiger partial charge >= 0.3 is 0 Å². The minimum absolute atomic E-state index is 0.0163. The molecule has 0 radical (unpaired) electrons. The highest BCUT2D eigenvalue weighted by Gasteiger charge is 2.20. The third-order valence-corrected chi connectivity index (χ3v) is 7.53. The molecule has 2 aromatic heterocycles. The standard InChI is InChI=1S/C20H19N3O2S2/c24-16(9-12-4-5-14-13(8-12)10-18(25)21-14)17-11-15-19(26-17)27-20(22-15)23-6-2-1-3-7-23/h4-5,8,11H,1-3,6-7,9-10H2,(H,21,25). The number of thiophene rings is 1. The maximum absolute atomic E-state index is 12.7. The third-order valence-electron chi connectivity index (χ3n) is 5.14.